The highest BCUT2D eigenvalue weighted by atomic mass is 32.2. The van der Waals surface area contributed by atoms with Crippen LogP contribution in [0.1, 0.15) is 12.8 Å². The van der Waals surface area contributed by atoms with Gasteiger partial charge in [0.15, 0.2) is 0 Å². The van der Waals surface area contributed by atoms with Gasteiger partial charge in [0.05, 0.1) is 5.92 Å². The molecule has 0 spiro atoms. The Labute approximate surface area is 87.6 Å². The summed E-state index contributed by atoms with van der Waals surface area (Å²) < 4.78 is 2.24. The Bertz CT molecular complexity index is 292. The fraction of sp³-hybridized carbons (Fsp3) is 0.500. The molecule has 0 radical (unpaired) electrons. The van der Waals surface area contributed by atoms with Crippen molar-refractivity contribution in [2.45, 2.75) is 12.8 Å². The van der Waals surface area contributed by atoms with Crippen molar-refractivity contribution in [2.24, 2.45) is 5.92 Å². The molecular formula is C10H13NO2S. The maximum absolute atomic E-state index is 10.7. The minimum atomic E-state index is -0.731. The summed E-state index contributed by atoms with van der Waals surface area (Å²) in [5, 5.41) is 8.79. The van der Waals surface area contributed by atoms with Crippen molar-refractivity contribution in [3.05, 3.63) is 23.9 Å². The first-order chi connectivity index (χ1) is 6.77. The summed E-state index contributed by atoms with van der Waals surface area (Å²) in [7, 11) is 0. The fourth-order valence-corrected chi connectivity index (χ4v) is 2.65. The molecule has 1 saturated heterocycles. The molecule has 3 nitrogen and oxygen atoms in total. The van der Waals surface area contributed by atoms with Crippen LogP contribution < -0.4 is 0 Å². The second-order valence-corrected chi connectivity index (χ2v) is 4.56. The standard InChI is InChI=1S/C10H13NO2S/c12-10(13)8-2-4-9(5-3-8)11-6-1-7-14-11/h2,4-5,8H,1,3,6-7H2,(H,12,13). The molecule has 1 aliphatic heterocycles. The molecule has 1 fully saturated rings. The smallest absolute Gasteiger partial charge is 0.310 e. The molecule has 1 unspecified atom stereocenters. The molecular weight excluding hydrogens is 198 g/mol. The minimum Gasteiger partial charge on any atom is -0.481 e. The first kappa shape index (κ1) is 9.65. The van der Waals surface area contributed by atoms with Crippen LogP contribution in [0.15, 0.2) is 23.9 Å². The molecule has 0 saturated carbocycles. The Morgan fingerprint density at radius 1 is 1.64 bits per heavy atom. The molecule has 1 atom stereocenters. The van der Waals surface area contributed by atoms with Crippen LogP contribution in [-0.2, 0) is 4.79 Å². The molecule has 0 bridgehead atoms. The van der Waals surface area contributed by atoms with E-state index in [2.05, 4.69) is 4.31 Å². The number of carbonyl (C=O) groups is 1. The lowest BCUT2D eigenvalue weighted by atomic mass is 10.00. The van der Waals surface area contributed by atoms with Crippen LogP contribution in [0.5, 0.6) is 0 Å². The Hall–Kier alpha value is -0.900. The van der Waals surface area contributed by atoms with Gasteiger partial charge in [-0.25, -0.2) is 0 Å². The lowest BCUT2D eigenvalue weighted by molar-refractivity contribution is -0.139. The van der Waals surface area contributed by atoms with Crippen LogP contribution in [0.25, 0.3) is 0 Å². The normalized spacial score (nSPS) is 26.4. The molecule has 0 aromatic rings. The van der Waals surface area contributed by atoms with E-state index < -0.39 is 5.97 Å². The van der Waals surface area contributed by atoms with E-state index in [9.17, 15) is 4.79 Å². The number of rotatable bonds is 2. The Kier molecular flexibility index (Phi) is 2.82. The monoisotopic (exact) mass is 211 g/mol. The molecule has 0 amide bonds. The van der Waals surface area contributed by atoms with Crippen molar-refractivity contribution >= 4 is 17.9 Å². The van der Waals surface area contributed by atoms with Gasteiger partial charge >= 0.3 is 5.97 Å². The van der Waals surface area contributed by atoms with E-state index >= 15 is 0 Å². The van der Waals surface area contributed by atoms with Gasteiger partial charge in [0.25, 0.3) is 0 Å². The van der Waals surface area contributed by atoms with Gasteiger partial charge in [0.2, 0.25) is 0 Å². The van der Waals surface area contributed by atoms with Crippen LogP contribution in [0.4, 0.5) is 0 Å². The van der Waals surface area contributed by atoms with E-state index in [4.69, 9.17) is 5.11 Å². The van der Waals surface area contributed by atoms with Crippen LogP contribution in [0.2, 0.25) is 0 Å². The van der Waals surface area contributed by atoms with E-state index in [0.717, 1.165) is 6.54 Å². The van der Waals surface area contributed by atoms with Crippen molar-refractivity contribution < 1.29 is 9.90 Å². The second kappa shape index (κ2) is 4.09. The predicted molar refractivity (Wildman–Crippen MR) is 56.7 cm³/mol. The second-order valence-electron chi connectivity index (χ2n) is 3.46. The van der Waals surface area contributed by atoms with E-state index in [1.54, 1.807) is 6.08 Å². The minimum absolute atomic E-state index is 0.327. The third kappa shape index (κ3) is 1.95. The van der Waals surface area contributed by atoms with Gasteiger partial charge in [0, 0.05) is 18.0 Å². The highest BCUT2D eigenvalue weighted by Crippen LogP contribution is 2.29. The summed E-state index contributed by atoms with van der Waals surface area (Å²) in [6, 6.07) is 0. The van der Waals surface area contributed by atoms with Crippen LogP contribution in [-0.4, -0.2) is 27.7 Å². The largest absolute Gasteiger partial charge is 0.481 e. The molecule has 1 N–H and O–H groups in total. The molecule has 0 aromatic carbocycles. The maximum atomic E-state index is 10.7. The Morgan fingerprint density at radius 2 is 2.50 bits per heavy atom. The summed E-state index contributed by atoms with van der Waals surface area (Å²) in [4.78, 5) is 10.7. The van der Waals surface area contributed by atoms with Crippen LogP contribution in [0, 0.1) is 5.92 Å². The lowest BCUT2D eigenvalue weighted by Crippen LogP contribution is -2.16. The van der Waals surface area contributed by atoms with Gasteiger partial charge in [0.1, 0.15) is 0 Å². The van der Waals surface area contributed by atoms with Crippen molar-refractivity contribution in [1.82, 2.24) is 4.31 Å². The molecule has 1 aliphatic carbocycles. The number of carboxylic acid groups (broad SMARTS) is 1. The predicted octanol–water partition coefficient (Wildman–Crippen LogP) is 1.88. The number of allylic oxidation sites excluding steroid dienone is 2. The van der Waals surface area contributed by atoms with Gasteiger partial charge in [-0.3, -0.25) is 4.79 Å². The molecule has 1 heterocycles. The van der Waals surface area contributed by atoms with Gasteiger partial charge in [-0.2, -0.15) is 0 Å². The highest BCUT2D eigenvalue weighted by molar-refractivity contribution is 7.97. The number of hydrogen-bond donors (Lipinski definition) is 1. The third-order valence-electron chi connectivity index (χ3n) is 2.44. The molecule has 2 aliphatic rings. The zero-order chi connectivity index (χ0) is 9.97. The van der Waals surface area contributed by atoms with Gasteiger partial charge in [-0.1, -0.05) is 12.2 Å². The summed E-state index contributed by atoms with van der Waals surface area (Å²) >= 11 is 1.82. The fourth-order valence-electron chi connectivity index (χ4n) is 1.63. The average molecular weight is 211 g/mol. The first-order valence-corrected chi connectivity index (χ1v) is 5.73. The van der Waals surface area contributed by atoms with E-state index in [-0.39, 0.29) is 5.92 Å². The van der Waals surface area contributed by atoms with Gasteiger partial charge in [-0.15, -0.1) is 0 Å². The SMILES string of the molecule is O=C(O)C1C=CC(N2CCCS2)=CC1. The summed E-state index contributed by atoms with van der Waals surface area (Å²) in [5.74, 6) is 0.116. The van der Waals surface area contributed by atoms with Crippen molar-refractivity contribution in [1.29, 1.82) is 0 Å². The molecule has 2 rings (SSSR count). The zero-order valence-corrected chi connectivity index (χ0v) is 8.67. The van der Waals surface area contributed by atoms with Crippen molar-refractivity contribution in [3.63, 3.8) is 0 Å². The number of nitrogens with zero attached hydrogens (tertiary/aromatic N) is 1. The molecule has 76 valence electrons. The molecule has 14 heavy (non-hydrogen) atoms. The zero-order valence-electron chi connectivity index (χ0n) is 7.85. The van der Waals surface area contributed by atoms with Crippen LogP contribution >= 0.6 is 11.9 Å². The summed E-state index contributed by atoms with van der Waals surface area (Å²) in [5.41, 5.74) is 1.17. The molecule has 0 aromatic heterocycles. The number of aliphatic carboxylic acids is 1. The number of carboxylic acids is 1. The maximum Gasteiger partial charge on any atom is 0.310 e. The van der Waals surface area contributed by atoms with Crippen molar-refractivity contribution in [2.75, 3.05) is 12.3 Å². The Morgan fingerprint density at radius 3 is 3.00 bits per heavy atom. The van der Waals surface area contributed by atoms with Crippen LogP contribution in [0.3, 0.4) is 0 Å². The lowest BCUT2D eigenvalue weighted by Gasteiger charge is -2.20. The Balaban J connectivity index is 1.98. The van der Waals surface area contributed by atoms with Gasteiger partial charge < -0.3 is 9.41 Å². The average Bonchev–Trinajstić information content (AvgIpc) is 2.71. The summed E-state index contributed by atoms with van der Waals surface area (Å²) in [6.07, 6.45) is 7.59. The number of hydrogen-bond acceptors (Lipinski definition) is 3. The van der Waals surface area contributed by atoms with Gasteiger partial charge in [-0.05, 0) is 30.9 Å². The van der Waals surface area contributed by atoms with E-state index in [1.165, 1.54) is 17.9 Å². The first-order valence-electron chi connectivity index (χ1n) is 4.79. The summed E-state index contributed by atoms with van der Waals surface area (Å²) in [6.45, 7) is 1.08. The molecule has 4 heteroatoms. The topological polar surface area (TPSA) is 40.5 Å². The van der Waals surface area contributed by atoms with E-state index in [0.29, 0.717) is 6.42 Å². The van der Waals surface area contributed by atoms with Crippen molar-refractivity contribution in [3.8, 4) is 0 Å². The quantitative estimate of drug-likeness (QED) is 0.708. The highest BCUT2D eigenvalue weighted by Gasteiger charge is 2.20. The van der Waals surface area contributed by atoms with E-state index in [1.807, 2.05) is 24.1 Å². The third-order valence-corrected chi connectivity index (χ3v) is 3.61.